The molecule has 0 aliphatic heterocycles. The van der Waals surface area contributed by atoms with Gasteiger partial charge in [0.15, 0.2) is 0 Å². The van der Waals surface area contributed by atoms with E-state index in [1.54, 1.807) is 0 Å². The molecule has 1 aliphatic carbocycles. The van der Waals surface area contributed by atoms with Gasteiger partial charge >= 0.3 is 0 Å². The van der Waals surface area contributed by atoms with Crippen LogP contribution in [0.2, 0.25) is 0 Å². The van der Waals surface area contributed by atoms with Gasteiger partial charge in [-0.25, -0.2) is 0 Å². The van der Waals surface area contributed by atoms with Crippen LogP contribution in [0.3, 0.4) is 0 Å². The van der Waals surface area contributed by atoms with Gasteiger partial charge in [0.1, 0.15) is 0 Å². The quantitative estimate of drug-likeness (QED) is 0.675. The van der Waals surface area contributed by atoms with Gasteiger partial charge in [-0.2, -0.15) is 0 Å². The number of hydrogen-bond acceptors (Lipinski definition) is 3. The van der Waals surface area contributed by atoms with Crippen LogP contribution in [0.4, 0.5) is 0 Å². The maximum absolute atomic E-state index is 8.81. The zero-order chi connectivity index (χ0) is 11.3. The summed E-state index contributed by atoms with van der Waals surface area (Å²) >= 11 is 0. The predicted octanol–water partition coefficient (Wildman–Crippen LogP) is 2.12. The number of hydrogen-bond donors (Lipinski definition) is 1. The van der Waals surface area contributed by atoms with E-state index in [9.17, 15) is 0 Å². The third kappa shape index (κ3) is 4.49. The SMILES string of the molecule is CCCC1(OC(C)COC(C)CO)CC1. The first-order chi connectivity index (χ1) is 7.12. The van der Waals surface area contributed by atoms with Gasteiger partial charge < -0.3 is 14.6 Å². The molecule has 1 fully saturated rings. The second kappa shape index (κ2) is 5.83. The second-order valence-electron chi connectivity index (χ2n) is 4.69. The normalized spacial score (nSPS) is 22.4. The minimum Gasteiger partial charge on any atom is -0.394 e. The van der Waals surface area contributed by atoms with Crippen LogP contribution >= 0.6 is 0 Å². The molecule has 0 saturated heterocycles. The van der Waals surface area contributed by atoms with E-state index in [1.807, 2.05) is 13.8 Å². The Morgan fingerprint density at radius 1 is 1.27 bits per heavy atom. The molecule has 2 unspecified atom stereocenters. The fraction of sp³-hybridized carbons (Fsp3) is 1.00. The van der Waals surface area contributed by atoms with Crippen molar-refractivity contribution in [3.8, 4) is 0 Å². The third-order valence-electron chi connectivity index (χ3n) is 2.84. The lowest BCUT2D eigenvalue weighted by Gasteiger charge is -2.22. The van der Waals surface area contributed by atoms with E-state index in [0.29, 0.717) is 6.61 Å². The minimum atomic E-state index is -0.0858. The Labute approximate surface area is 92.8 Å². The van der Waals surface area contributed by atoms with E-state index < -0.39 is 0 Å². The van der Waals surface area contributed by atoms with Crippen molar-refractivity contribution < 1.29 is 14.6 Å². The highest BCUT2D eigenvalue weighted by Crippen LogP contribution is 2.44. The average molecular weight is 216 g/mol. The van der Waals surface area contributed by atoms with Crippen LogP contribution in [-0.2, 0) is 9.47 Å². The first-order valence-corrected chi connectivity index (χ1v) is 6.02. The molecule has 1 saturated carbocycles. The van der Waals surface area contributed by atoms with Crippen molar-refractivity contribution in [1.29, 1.82) is 0 Å². The van der Waals surface area contributed by atoms with Crippen molar-refractivity contribution in [3.05, 3.63) is 0 Å². The number of ether oxygens (including phenoxy) is 2. The highest BCUT2D eigenvalue weighted by molar-refractivity contribution is 4.95. The van der Waals surface area contributed by atoms with Gasteiger partial charge in [0.05, 0.1) is 31.0 Å². The summed E-state index contributed by atoms with van der Waals surface area (Å²) in [6.45, 7) is 6.75. The Kier molecular flexibility index (Phi) is 5.03. The minimum absolute atomic E-state index is 0.0762. The molecular formula is C12H24O3. The lowest BCUT2D eigenvalue weighted by atomic mass is 10.2. The Morgan fingerprint density at radius 3 is 2.40 bits per heavy atom. The fourth-order valence-electron chi connectivity index (χ4n) is 1.84. The van der Waals surface area contributed by atoms with Crippen LogP contribution in [-0.4, -0.2) is 36.1 Å². The van der Waals surface area contributed by atoms with Gasteiger partial charge in [-0.1, -0.05) is 13.3 Å². The lowest BCUT2D eigenvalue weighted by Crippen LogP contribution is -2.27. The average Bonchev–Trinajstić information content (AvgIpc) is 2.95. The Morgan fingerprint density at radius 2 is 1.93 bits per heavy atom. The molecule has 0 amide bonds. The smallest absolute Gasteiger partial charge is 0.0788 e. The number of aliphatic hydroxyl groups excluding tert-OH is 1. The second-order valence-corrected chi connectivity index (χ2v) is 4.69. The van der Waals surface area contributed by atoms with Crippen LogP contribution < -0.4 is 0 Å². The predicted molar refractivity (Wildman–Crippen MR) is 59.9 cm³/mol. The zero-order valence-corrected chi connectivity index (χ0v) is 10.2. The molecule has 0 aromatic heterocycles. The van der Waals surface area contributed by atoms with E-state index >= 15 is 0 Å². The van der Waals surface area contributed by atoms with Crippen LogP contribution in [0.15, 0.2) is 0 Å². The highest BCUT2D eigenvalue weighted by atomic mass is 16.6. The van der Waals surface area contributed by atoms with E-state index in [2.05, 4.69) is 6.92 Å². The largest absolute Gasteiger partial charge is 0.394 e. The van der Waals surface area contributed by atoms with Crippen LogP contribution in [0.1, 0.15) is 46.5 Å². The van der Waals surface area contributed by atoms with Crippen molar-refractivity contribution in [2.24, 2.45) is 0 Å². The third-order valence-corrected chi connectivity index (χ3v) is 2.84. The monoisotopic (exact) mass is 216 g/mol. The van der Waals surface area contributed by atoms with E-state index in [1.165, 1.54) is 19.3 Å². The molecule has 1 N–H and O–H groups in total. The molecule has 0 spiro atoms. The molecule has 0 aromatic carbocycles. The molecule has 2 atom stereocenters. The summed E-state index contributed by atoms with van der Waals surface area (Å²) < 4.78 is 11.4. The van der Waals surface area contributed by atoms with Gasteiger partial charge in [-0.3, -0.25) is 0 Å². The summed E-state index contributed by atoms with van der Waals surface area (Å²) in [5, 5.41) is 8.81. The van der Waals surface area contributed by atoms with Gasteiger partial charge in [0, 0.05) is 0 Å². The molecule has 0 radical (unpaired) electrons. The molecule has 0 aromatic rings. The van der Waals surface area contributed by atoms with Crippen molar-refractivity contribution in [2.75, 3.05) is 13.2 Å². The molecule has 15 heavy (non-hydrogen) atoms. The fourth-order valence-corrected chi connectivity index (χ4v) is 1.84. The summed E-state index contributed by atoms with van der Waals surface area (Å²) in [5.41, 5.74) is 0.167. The van der Waals surface area contributed by atoms with Gasteiger partial charge in [-0.15, -0.1) is 0 Å². The molecule has 0 bridgehead atoms. The van der Waals surface area contributed by atoms with Gasteiger partial charge in [-0.05, 0) is 33.1 Å². The van der Waals surface area contributed by atoms with Gasteiger partial charge in [0.25, 0.3) is 0 Å². The van der Waals surface area contributed by atoms with Crippen molar-refractivity contribution in [2.45, 2.75) is 64.3 Å². The highest BCUT2D eigenvalue weighted by Gasteiger charge is 2.43. The van der Waals surface area contributed by atoms with Crippen molar-refractivity contribution in [1.82, 2.24) is 0 Å². The molecule has 1 rings (SSSR count). The number of aliphatic hydroxyl groups is 1. The molecule has 3 nitrogen and oxygen atoms in total. The van der Waals surface area contributed by atoms with Crippen molar-refractivity contribution in [3.63, 3.8) is 0 Å². The molecule has 90 valence electrons. The zero-order valence-electron chi connectivity index (χ0n) is 10.2. The number of rotatable bonds is 8. The topological polar surface area (TPSA) is 38.7 Å². The Balaban J connectivity index is 2.15. The Bertz CT molecular complexity index is 178. The van der Waals surface area contributed by atoms with Crippen LogP contribution in [0.25, 0.3) is 0 Å². The van der Waals surface area contributed by atoms with Crippen LogP contribution in [0, 0.1) is 0 Å². The van der Waals surface area contributed by atoms with E-state index in [0.717, 1.165) is 6.42 Å². The molecular weight excluding hydrogens is 192 g/mol. The lowest BCUT2D eigenvalue weighted by molar-refractivity contribution is -0.0846. The maximum Gasteiger partial charge on any atom is 0.0788 e. The van der Waals surface area contributed by atoms with Crippen LogP contribution in [0.5, 0.6) is 0 Å². The maximum atomic E-state index is 8.81. The molecule has 0 heterocycles. The summed E-state index contributed by atoms with van der Waals surface area (Å²) in [7, 11) is 0. The Hall–Kier alpha value is -0.120. The van der Waals surface area contributed by atoms with E-state index in [-0.39, 0.29) is 24.4 Å². The summed E-state index contributed by atoms with van der Waals surface area (Å²) in [6.07, 6.45) is 4.78. The molecule has 3 heteroatoms. The first kappa shape index (κ1) is 12.9. The van der Waals surface area contributed by atoms with Gasteiger partial charge in [0.2, 0.25) is 0 Å². The first-order valence-electron chi connectivity index (χ1n) is 6.02. The van der Waals surface area contributed by atoms with E-state index in [4.69, 9.17) is 14.6 Å². The molecule has 1 aliphatic rings. The standard InChI is InChI=1S/C12H24O3/c1-4-5-12(6-7-12)15-11(3)9-14-10(2)8-13/h10-11,13H,4-9H2,1-3H3. The summed E-state index contributed by atoms with van der Waals surface area (Å²) in [4.78, 5) is 0. The summed E-state index contributed by atoms with van der Waals surface area (Å²) in [5.74, 6) is 0. The summed E-state index contributed by atoms with van der Waals surface area (Å²) in [6, 6.07) is 0. The van der Waals surface area contributed by atoms with Crippen molar-refractivity contribution >= 4 is 0 Å².